The summed E-state index contributed by atoms with van der Waals surface area (Å²) in [5, 5.41) is 3.17. The Kier molecular flexibility index (Phi) is 8.61. The van der Waals surface area contributed by atoms with Gasteiger partial charge in [0.1, 0.15) is 0 Å². The molecule has 1 heterocycles. The molecule has 1 aromatic heterocycles. The number of sulfonamides is 1. The lowest BCUT2D eigenvalue weighted by Crippen LogP contribution is -2.32. The SMILES string of the molecule is CCS(=O)(=O)NCCNCc1ccc(Br)s1.Cl. The van der Waals surface area contributed by atoms with Gasteiger partial charge in [0.25, 0.3) is 0 Å². The van der Waals surface area contributed by atoms with E-state index >= 15 is 0 Å². The summed E-state index contributed by atoms with van der Waals surface area (Å²) in [5.74, 6) is 0.130. The summed E-state index contributed by atoms with van der Waals surface area (Å²) >= 11 is 5.06. The van der Waals surface area contributed by atoms with Crippen LogP contribution in [0.25, 0.3) is 0 Å². The predicted octanol–water partition coefficient (Wildman–Crippen LogP) is 1.96. The van der Waals surface area contributed by atoms with Crippen LogP contribution in [0.4, 0.5) is 0 Å². The van der Waals surface area contributed by atoms with Crippen molar-refractivity contribution in [3.63, 3.8) is 0 Å². The van der Waals surface area contributed by atoms with Crippen LogP contribution in [0.1, 0.15) is 11.8 Å². The van der Waals surface area contributed by atoms with E-state index in [-0.39, 0.29) is 18.2 Å². The molecular weight excluding hydrogens is 348 g/mol. The maximum atomic E-state index is 11.1. The maximum absolute atomic E-state index is 11.1. The second kappa shape index (κ2) is 8.44. The maximum Gasteiger partial charge on any atom is 0.211 e. The molecule has 0 spiro atoms. The fraction of sp³-hybridized carbons (Fsp3) is 0.556. The summed E-state index contributed by atoms with van der Waals surface area (Å²) in [7, 11) is -3.06. The quantitative estimate of drug-likeness (QED) is 0.728. The minimum absolute atomic E-state index is 0. The van der Waals surface area contributed by atoms with Crippen LogP contribution in [-0.2, 0) is 16.6 Å². The number of hydrogen-bond donors (Lipinski definition) is 2. The molecule has 0 radical (unpaired) electrons. The zero-order valence-electron chi connectivity index (χ0n) is 9.40. The Bertz CT molecular complexity index is 422. The molecule has 100 valence electrons. The zero-order chi connectivity index (χ0) is 12.0. The fourth-order valence-corrected chi connectivity index (χ4v) is 3.13. The van der Waals surface area contributed by atoms with Gasteiger partial charge in [-0.05, 0) is 35.0 Å². The van der Waals surface area contributed by atoms with Crippen LogP contribution in [0.5, 0.6) is 0 Å². The minimum atomic E-state index is -3.06. The molecular formula is C9H16BrClN2O2S2. The van der Waals surface area contributed by atoms with Crippen LogP contribution >= 0.6 is 39.7 Å². The largest absolute Gasteiger partial charge is 0.311 e. The molecule has 4 nitrogen and oxygen atoms in total. The average Bonchev–Trinajstić information content (AvgIpc) is 2.64. The summed E-state index contributed by atoms with van der Waals surface area (Å²) in [5.41, 5.74) is 0. The topological polar surface area (TPSA) is 58.2 Å². The van der Waals surface area contributed by atoms with Crippen molar-refractivity contribution in [2.45, 2.75) is 13.5 Å². The van der Waals surface area contributed by atoms with Gasteiger partial charge in [0.2, 0.25) is 10.0 Å². The molecule has 1 rings (SSSR count). The highest BCUT2D eigenvalue weighted by Crippen LogP contribution is 2.21. The summed E-state index contributed by atoms with van der Waals surface area (Å²) in [6.45, 7) is 3.46. The Hall–Kier alpha value is 0.340. The van der Waals surface area contributed by atoms with E-state index in [1.165, 1.54) is 4.88 Å². The van der Waals surface area contributed by atoms with Gasteiger partial charge in [-0.3, -0.25) is 0 Å². The number of halogens is 2. The number of nitrogens with one attached hydrogen (secondary N) is 2. The highest BCUT2D eigenvalue weighted by Gasteiger charge is 2.04. The lowest BCUT2D eigenvalue weighted by molar-refractivity contribution is 0.577. The lowest BCUT2D eigenvalue weighted by atomic mass is 10.4. The van der Waals surface area contributed by atoms with Gasteiger partial charge in [0.05, 0.1) is 9.54 Å². The van der Waals surface area contributed by atoms with Crippen molar-refractivity contribution in [3.8, 4) is 0 Å². The number of hydrogen-bond acceptors (Lipinski definition) is 4. The third-order valence-electron chi connectivity index (χ3n) is 1.93. The van der Waals surface area contributed by atoms with Crippen molar-refractivity contribution in [2.75, 3.05) is 18.8 Å². The van der Waals surface area contributed by atoms with Gasteiger partial charge < -0.3 is 5.32 Å². The second-order valence-electron chi connectivity index (χ2n) is 3.18. The first-order valence-corrected chi connectivity index (χ1v) is 8.22. The fourth-order valence-electron chi connectivity index (χ4n) is 1.06. The van der Waals surface area contributed by atoms with E-state index in [1.807, 2.05) is 12.1 Å². The van der Waals surface area contributed by atoms with Gasteiger partial charge in [-0.2, -0.15) is 0 Å². The molecule has 0 saturated carbocycles. The van der Waals surface area contributed by atoms with Crippen molar-refractivity contribution in [1.29, 1.82) is 0 Å². The lowest BCUT2D eigenvalue weighted by Gasteiger charge is -2.05. The molecule has 1 aromatic rings. The molecule has 0 aliphatic rings. The molecule has 17 heavy (non-hydrogen) atoms. The molecule has 0 unspecified atom stereocenters. The Balaban J connectivity index is 0.00000256. The van der Waals surface area contributed by atoms with Crippen LogP contribution in [-0.4, -0.2) is 27.3 Å². The normalized spacial score (nSPS) is 11.2. The number of thiophene rings is 1. The van der Waals surface area contributed by atoms with Crippen molar-refractivity contribution in [2.24, 2.45) is 0 Å². The molecule has 8 heteroatoms. The molecule has 0 bridgehead atoms. The van der Waals surface area contributed by atoms with Crippen molar-refractivity contribution in [3.05, 3.63) is 20.8 Å². The Morgan fingerprint density at radius 1 is 1.35 bits per heavy atom. The third kappa shape index (κ3) is 7.38. The molecule has 0 atom stereocenters. The van der Waals surface area contributed by atoms with E-state index in [0.717, 1.165) is 10.3 Å². The summed E-state index contributed by atoms with van der Waals surface area (Å²) in [4.78, 5) is 1.23. The second-order valence-corrected chi connectivity index (χ2v) is 7.82. The van der Waals surface area contributed by atoms with Crippen LogP contribution in [0, 0.1) is 0 Å². The Labute approximate surface area is 121 Å². The third-order valence-corrected chi connectivity index (χ3v) is 4.96. The van der Waals surface area contributed by atoms with Crippen LogP contribution in [0.2, 0.25) is 0 Å². The van der Waals surface area contributed by atoms with Crippen LogP contribution in [0.3, 0.4) is 0 Å². The van der Waals surface area contributed by atoms with Gasteiger partial charge in [-0.25, -0.2) is 13.1 Å². The first kappa shape index (κ1) is 17.3. The van der Waals surface area contributed by atoms with Gasteiger partial charge in [0, 0.05) is 24.5 Å². The van der Waals surface area contributed by atoms with E-state index in [9.17, 15) is 8.42 Å². The summed E-state index contributed by atoms with van der Waals surface area (Å²) in [6.07, 6.45) is 0. The summed E-state index contributed by atoms with van der Waals surface area (Å²) < 4.78 is 25.8. The smallest absolute Gasteiger partial charge is 0.211 e. The Morgan fingerprint density at radius 2 is 2.06 bits per heavy atom. The van der Waals surface area contributed by atoms with Crippen molar-refractivity contribution >= 4 is 49.7 Å². The average molecular weight is 364 g/mol. The van der Waals surface area contributed by atoms with Gasteiger partial charge in [-0.15, -0.1) is 23.7 Å². The van der Waals surface area contributed by atoms with E-state index in [4.69, 9.17) is 0 Å². The van der Waals surface area contributed by atoms with Crippen molar-refractivity contribution in [1.82, 2.24) is 10.0 Å². The molecule has 0 aliphatic carbocycles. The standard InChI is InChI=1S/C9H15BrN2O2S2.ClH/c1-2-16(13,14)12-6-5-11-7-8-3-4-9(10)15-8;/h3-4,11-12H,2,5-7H2,1H3;1H. The molecule has 2 N–H and O–H groups in total. The molecule has 0 aliphatic heterocycles. The van der Waals surface area contributed by atoms with Gasteiger partial charge in [0.15, 0.2) is 0 Å². The predicted molar refractivity (Wildman–Crippen MR) is 78.4 cm³/mol. The molecule has 0 amide bonds. The van der Waals surface area contributed by atoms with Gasteiger partial charge in [-0.1, -0.05) is 0 Å². The zero-order valence-corrected chi connectivity index (χ0v) is 13.4. The minimum Gasteiger partial charge on any atom is -0.311 e. The molecule has 0 saturated heterocycles. The van der Waals surface area contributed by atoms with E-state index in [2.05, 4.69) is 26.0 Å². The monoisotopic (exact) mass is 362 g/mol. The molecule has 0 aromatic carbocycles. The summed E-state index contributed by atoms with van der Waals surface area (Å²) in [6, 6.07) is 4.04. The highest BCUT2D eigenvalue weighted by atomic mass is 79.9. The van der Waals surface area contributed by atoms with Crippen LogP contribution in [0.15, 0.2) is 15.9 Å². The first-order valence-electron chi connectivity index (χ1n) is 4.96. The van der Waals surface area contributed by atoms with E-state index in [0.29, 0.717) is 13.1 Å². The first-order chi connectivity index (χ1) is 7.53. The van der Waals surface area contributed by atoms with Crippen molar-refractivity contribution < 1.29 is 8.42 Å². The van der Waals surface area contributed by atoms with Gasteiger partial charge >= 0.3 is 0 Å². The highest BCUT2D eigenvalue weighted by molar-refractivity contribution is 9.11. The van der Waals surface area contributed by atoms with E-state index in [1.54, 1.807) is 18.3 Å². The van der Waals surface area contributed by atoms with E-state index < -0.39 is 10.0 Å². The number of rotatable bonds is 7. The van der Waals surface area contributed by atoms with Crippen LogP contribution < -0.4 is 10.0 Å². The molecule has 0 fully saturated rings. The Morgan fingerprint density at radius 3 is 2.59 bits per heavy atom.